The highest BCUT2D eigenvalue weighted by Gasteiger charge is 2.24. The third kappa shape index (κ3) is 17.3. The molecule has 0 saturated carbocycles. The first-order chi connectivity index (χ1) is 44.7. The zero-order valence-electron chi connectivity index (χ0n) is 52.5. The van der Waals surface area contributed by atoms with Gasteiger partial charge in [0.2, 0.25) is 35.2 Å². The number of hydrogen-bond donors (Lipinski definition) is 11. The van der Waals surface area contributed by atoms with Gasteiger partial charge in [0.25, 0.3) is 47.3 Å². The van der Waals surface area contributed by atoms with Crippen LogP contribution in [0.2, 0.25) is 0 Å². The number of ether oxygens (including phenoxy) is 1. The predicted octanol–water partition coefficient (Wildman–Crippen LogP) is 0.943. The standard InChI is InChI=1S/C58H69N23O13/c1-74-20-19-59-47(74)55(90)64-32-21-37(76(3)25-32)52(87)61-16-12-44(83)69-41-30-80(7)49(72-41)57(92)65-33-22-36(75(2)26-33)51(86)60-15-10-11-43(82)68-40-29-79(6)48(71-40)56(91)66-34-23-38(77(4)27-34)53(88)62-17-13-45(84)70-42-31-81(8)50(73-42)58(93)67-35-24-39(78(5)28-35)54(89)63-18-14-46(85)94-9/h19-31H,10-18H2,1-9H3,(H,60,86)(H,61,87)(H,62,88)(H,63,89)(H,64,90)(H,65,92)(H,66,91)(H,67,93)(H,68,82)(H,69,83)(H,70,84). The van der Waals surface area contributed by atoms with E-state index in [9.17, 15) is 57.5 Å². The van der Waals surface area contributed by atoms with Crippen LogP contribution in [0.3, 0.4) is 0 Å². The first-order valence-corrected chi connectivity index (χ1v) is 28.8. The average molecular weight is 1300 g/mol. The predicted molar refractivity (Wildman–Crippen MR) is 337 cm³/mol. The minimum Gasteiger partial charge on any atom is -0.469 e. The van der Waals surface area contributed by atoms with Crippen molar-refractivity contribution < 1.29 is 62.3 Å². The topological polar surface area (TPSA) is 437 Å². The van der Waals surface area contributed by atoms with E-state index in [0.29, 0.717) is 11.4 Å². The van der Waals surface area contributed by atoms with Gasteiger partial charge in [-0.2, -0.15) is 0 Å². The third-order valence-electron chi connectivity index (χ3n) is 14.0. The van der Waals surface area contributed by atoms with Crippen LogP contribution in [0.25, 0.3) is 0 Å². The summed E-state index contributed by atoms with van der Waals surface area (Å²) >= 11 is 0. The Labute approximate surface area is 534 Å². The van der Waals surface area contributed by atoms with Crippen molar-refractivity contribution in [2.75, 3.05) is 70.5 Å². The van der Waals surface area contributed by atoms with Gasteiger partial charge in [-0.3, -0.25) is 57.5 Å². The number of nitrogens with zero attached hydrogens (tertiary/aromatic N) is 12. The Kier molecular flexibility index (Phi) is 21.5. The maximum absolute atomic E-state index is 13.3. The molecule has 8 rings (SSSR count). The molecule has 0 aromatic carbocycles. The molecule has 36 heteroatoms. The number of anilines is 7. The maximum atomic E-state index is 13.3. The van der Waals surface area contributed by atoms with Crippen molar-refractivity contribution in [3.05, 3.63) is 126 Å². The highest BCUT2D eigenvalue weighted by molar-refractivity contribution is 6.07. The Bertz CT molecular complexity index is 4260. The largest absolute Gasteiger partial charge is 0.469 e. The molecule has 494 valence electrons. The molecule has 8 aromatic rings. The fourth-order valence-electron chi connectivity index (χ4n) is 9.37. The number of aryl methyl sites for hydroxylation is 8. The van der Waals surface area contributed by atoms with Crippen LogP contribution in [0.15, 0.2) is 80.0 Å². The summed E-state index contributed by atoms with van der Waals surface area (Å²) in [5.41, 5.74) is 1.99. The van der Waals surface area contributed by atoms with Crippen molar-refractivity contribution in [1.82, 2.24) is 77.7 Å². The molecule has 0 radical (unpaired) electrons. The van der Waals surface area contributed by atoms with Gasteiger partial charge < -0.3 is 99.8 Å². The summed E-state index contributed by atoms with van der Waals surface area (Å²) in [5, 5.41) is 29.2. The van der Waals surface area contributed by atoms with Gasteiger partial charge in [-0.15, -0.1) is 0 Å². The fraction of sp³-hybridized carbons (Fsp3) is 0.310. The molecular formula is C58H69N23O13. The van der Waals surface area contributed by atoms with E-state index in [1.165, 1.54) is 107 Å². The number of esters is 1. The summed E-state index contributed by atoms with van der Waals surface area (Å²) < 4.78 is 16.3. The number of nitrogens with one attached hydrogen (secondary N) is 11. The number of rotatable bonds is 28. The summed E-state index contributed by atoms with van der Waals surface area (Å²) in [7, 11) is 14.0. The number of hydrogen-bond acceptors (Lipinski definition) is 17. The minimum absolute atomic E-state index is 0.0116. The van der Waals surface area contributed by atoms with E-state index >= 15 is 0 Å². The van der Waals surface area contributed by atoms with Gasteiger partial charge in [0.05, 0.1) is 36.3 Å². The average Bonchev–Trinajstić information content (AvgIpc) is 2.10. The summed E-state index contributed by atoms with van der Waals surface area (Å²) in [6.45, 7) is 0.0354. The lowest BCUT2D eigenvalue weighted by molar-refractivity contribution is -0.140. The number of imidazole rings is 4. The second-order valence-corrected chi connectivity index (χ2v) is 21.4. The lowest BCUT2D eigenvalue weighted by atomic mass is 10.3. The molecule has 0 aliphatic carbocycles. The summed E-state index contributed by atoms with van der Waals surface area (Å²) in [6, 6.07) is 5.82. The van der Waals surface area contributed by atoms with E-state index in [1.54, 1.807) is 73.3 Å². The molecule has 0 aliphatic heterocycles. The molecule has 8 heterocycles. The van der Waals surface area contributed by atoms with Crippen LogP contribution in [0.1, 0.15) is 117 Å². The number of carbonyl (C=O) groups excluding carboxylic acids is 12. The highest BCUT2D eigenvalue weighted by atomic mass is 16.5. The van der Waals surface area contributed by atoms with E-state index in [1.807, 2.05) is 0 Å². The fourth-order valence-corrected chi connectivity index (χ4v) is 9.37. The summed E-state index contributed by atoms with van der Waals surface area (Å²) in [5.74, 6) is -6.04. The Morgan fingerprint density at radius 3 is 0.979 bits per heavy atom. The summed E-state index contributed by atoms with van der Waals surface area (Å²) in [4.78, 5) is 171. The normalized spacial score (nSPS) is 10.9. The minimum atomic E-state index is -0.653. The van der Waals surface area contributed by atoms with Crippen LogP contribution in [0, 0.1) is 0 Å². The molecule has 0 aliphatic rings. The molecule has 0 spiro atoms. The second-order valence-electron chi connectivity index (χ2n) is 21.4. The first-order valence-electron chi connectivity index (χ1n) is 28.8. The molecule has 36 nitrogen and oxygen atoms in total. The van der Waals surface area contributed by atoms with Gasteiger partial charge in [0.15, 0.2) is 23.3 Å². The van der Waals surface area contributed by atoms with Gasteiger partial charge in [-0.05, 0) is 30.7 Å². The van der Waals surface area contributed by atoms with Crippen LogP contribution < -0.4 is 58.5 Å². The lowest BCUT2D eigenvalue weighted by Gasteiger charge is -2.06. The molecule has 0 fully saturated rings. The van der Waals surface area contributed by atoms with E-state index in [2.05, 4.69) is 83.2 Å². The number of aromatic nitrogens is 12. The van der Waals surface area contributed by atoms with Crippen molar-refractivity contribution in [3.63, 3.8) is 0 Å². The molecule has 8 aromatic heterocycles. The molecule has 0 saturated heterocycles. The van der Waals surface area contributed by atoms with Crippen LogP contribution in [-0.2, 0) is 80.3 Å². The quantitative estimate of drug-likeness (QED) is 0.0240. The molecule has 94 heavy (non-hydrogen) atoms. The van der Waals surface area contributed by atoms with Gasteiger partial charge in [-0.25, -0.2) is 19.9 Å². The van der Waals surface area contributed by atoms with Crippen LogP contribution >= 0.6 is 0 Å². The third-order valence-corrected chi connectivity index (χ3v) is 14.0. The maximum Gasteiger partial charge on any atom is 0.307 e. The number of carbonyl (C=O) groups is 12. The van der Waals surface area contributed by atoms with Crippen molar-refractivity contribution in [3.8, 4) is 0 Å². The van der Waals surface area contributed by atoms with Crippen LogP contribution in [0.5, 0.6) is 0 Å². The molecule has 0 unspecified atom stereocenters. The van der Waals surface area contributed by atoms with Gasteiger partial charge in [0, 0.05) is 158 Å². The van der Waals surface area contributed by atoms with E-state index in [4.69, 9.17) is 0 Å². The van der Waals surface area contributed by atoms with Crippen molar-refractivity contribution in [1.29, 1.82) is 0 Å². The monoisotopic (exact) mass is 1300 g/mol. The number of amides is 11. The zero-order chi connectivity index (χ0) is 68.1. The Balaban J connectivity index is 0.709. The molecule has 0 atom stereocenters. The first kappa shape index (κ1) is 67.5. The van der Waals surface area contributed by atoms with Gasteiger partial charge in [-0.1, -0.05) is 0 Å². The second kappa shape index (κ2) is 29.9. The van der Waals surface area contributed by atoms with Crippen LogP contribution in [-0.4, -0.2) is 161 Å². The number of methoxy groups -OCH3 is 1. The molecular weight excluding hydrogens is 1230 g/mol. The Morgan fingerprint density at radius 1 is 0.351 bits per heavy atom. The molecule has 11 amide bonds. The van der Waals surface area contributed by atoms with E-state index < -0.39 is 70.9 Å². The van der Waals surface area contributed by atoms with E-state index in [-0.39, 0.29) is 133 Å². The molecule has 0 bridgehead atoms. The van der Waals surface area contributed by atoms with Crippen molar-refractivity contribution in [2.45, 2.75) is 32.1 Å². The zero-order valence-corrected chi connectivity index (χ0v) is 52.5. The van der Waals surface area contributed by atoms with Crippen molar-refractivity contribution >= 4 is 111 Å². The summed E-state index contributed by atoms with van der Waals surface area (Å²) in [6.07, 6.45) is 13.4. The van der Waals surface area contributed by atoms with E-state index in [0.717, 1.165) is 0 Å². The molecule has 11 N–H and O–H groups in total. The Hall–Kier alpha value is -12.4. The van der Waals surface area contributed by atoms with Crippen LogP contribution in [0.4, 0.5) is 40.2 Å². The van der Waals surface area contributed by atoms with Gasteiger partial charge >= 0.3 is 5.97 Å². The van der Waals surface area contributed by atoms with Gasteiger partial charge in [0.1, 0.15) is 22.8 Å². The highest BCUT2D eigenvalue weighted by Crippen LogP contribution is 2.20. The lowest BCUT2D eigenvalue weighted by Crippen LogP contribution is -2.29. The SMILES string of the molecule is COC(=O)CCNC(=O)c1cc(NC(=O)c2nc(NC(=O)CCNC(=O)c3cc(NC(=O)c4nc(NC(=O)CCCNC(=O)c5cc(NC(=O)c6nc(NC(=O)CCNC(=O)c7cc(NC(=O)c8nccn8C)cn7C)cn6C)cn5C)cn4C)cn3C)cn2C)cn1C. The Morgan fingerprint density at radius 2 is 0.660 bits per heavy atom. The smallest absolute Gasteiger partial charge is 0.307 e. The van der Waals surface area contributed by atoms with Crippen molar-refractivity contribution in [2.24, 2.45) is 56.4 Å².